The fraction of sp³-hybridized carbons (Fsp3) is 0.625. The number of ether oxygens (including phenoxy) is 2. The highest BCUT2D eigenvalue weighted by Gasteiger charge is 2.24. The zero-order valence-electron chi connectivity index (χ0n) is 12.5. The van der Waals surface area contributed by atoms with E-state index in [1.165, 1.54) is 32.1 Å². The zero-order chi connectivity index (χ0) is 14.5. The molecule has 0 radical (unpaired) electrons. The van der Waals surface area contributed by atoms with Crippen molar-refractivity contribution in [2.75, 3.05) is 19.5 Å². The van der Waals surface area contributed by atoms with Crippen molar-refractivity contribution in [3.8, 4) is 11.5 Å². The fourth-order valence-electron chi connectivity index (χ4n) is 3.05. The van der Waals surface area contributed by atoms with Crippen LogP contribution in [0.15, 0.2) is 12.1 Å². The second kappa shape index (κ2) is 7.07. The Morgan fingerprint density at radius 3 is 2.45 bits per heavy atom. The van der Waals surface area contributed by atoms with Crippen molar-refractivity contribution in [1.82, 2.24) is 0 Å². The predicted octanol–water partition coefficient (Wildman–Crippen LogP) is 4.74. The van der Waals surface area contributed by atoms with E-state index in [1.54, 1.807) is 14.2 Å². The van der Waals surface area contributed by atoms with Gasteiger partial charge in [-0.05, 0) is 18.8 Å². The van der Waals surface area contributed by atoms with Crippen molar-refractivity contribution in [3.63, 3.8) is 0 Å². The quantitative estimate of drug-likeness (QED) is 0.851. The Kier molecular flexibility index (Phi) is 5.41. The van der Waals surface area contributed by atoms with E-state index in [-0.39, 0.29) is 0 Å². The number of rotatable bonds is 5. The lowest BCUT2D eigenvalue weighted by molar-refractivity contribution is 0.317. The highest BCUT2D eigenvalue weighted by atomic mass is 35.5. The summed E-state index contributed by atoms with van der Waals surface area (Å²) in [6.07, 6.45) is 6.36. The Morgan fingerprint density at radius 2 is 1.80 bits per heavy atom. The standard InChI is InChI=1S/C16H24ClNO2/c1-4-11-7-5-6-8-13(11)18-14-10-16(20-3)15(19-2)9-12(14)17/h9-11,13,18H,4-8H2,1-3H3. The van der Waals surface area contributed by atoms with Crippen molar-refractivity contribution in [1.29, 1.82) is 0 Å². The van der Waals surface area contributed by atoms with Crippen molar-refractivity contribution >= 4 is 17.3 Å². The van der Waals surface area contributed by atoms with E-state index in [4.69, 9.17) is 21.1 Å². The first-order chi connectivity index (χ1) is 9.69. The molecular weight excluding hydrogens is 274 g/mol. The van der Waals surface area contributed by atoms with Crippen LogP contribution in [0, 0.1) is 5.92 Å². The van der Waals surface area contributed by atoms with E-state index in [0.717, 1.165) is 11.6 Å². The first-order valence-electron chi connectivity index (χ1n) is 7.37. The molecule has 0 aliphatic heterocycles. The van der Waals surface area contributed by atoms with Crippen LogP contribution < -0.4 is 14.8 Å². The van der Waals surface area contributed by atoms with Crippen LogP contribution in [0.5, 0.6) is 11.5 Å². The summed E-state index contributed by atoms with van der Waals surface area (Å²) in [5.74, 6) is 2.11. The SMILES string of the molecule is CCC1CCCCC1Nc1cc(OC)c(OC)cc1Cl. The smallest absolute Gasteiger partial charge is 0.162 e. The second-order valence-corrected chi connectivity index (χ2v) is 5.80. The van der Waals surface area contributed by atoms with Crippen LogP contribution in [0.25, 0.3) is 0 Å². The van der Waals surface area contributed by atoms with E-state index >= 15 is 0 Å². The molecule has 1 aromatic rings. The van der Waals surface area contributed by atoms with Crippen LogP contribution >= 0.6 is 11.6 Å². The highest BCUT2D eigenvalue weighted by molar-refractivity contribution is 6.33. The highest BCUT2D eigenvalue weighted by Crippen LogP contribution is 2.38. The third-order valence-corrected chi connectivity index (χ3v) is 4.56. The molecule has 2 unspecified atom stereocenters. The van der Waals surface area contributed by atoms with Crippen LogP contribution in [-0.2, 0) is 0 Å². The van der Waals surface area contributed by atoms with Gasteiger partial charge in [0.2, 0.25) is 0 Å². The van der Waals surface area contributed by atoms with Gasteiger partial charge in [0.1, 0.15) is 0 Å². The Bertz CT molecular complexity index is 450. The van der Waals surface area contributed by atoms with Crippen molar-refractivity contribution < 1.29 is 9.47 Å². The second-order valence-electron chi connectivity index (χ2n) is 5.39. The number of nitrogens with one attached hydrogen (secondary N) is 1. The van der Waals surface area contributed by atoms with Gasteiger partial charge in [-0.15, -0.1) is 0 Å². The summed E-state index contributed by atoms with van der Waals surface area (Å²) in [4.78, 5) is 0. The van der Waals surface area contributed by atoms with Gasteiger partial charge in [-0.2, -0.15) is 0 Å². The molecule has 1 aliphatic rings. The van der Waals surface area contributed by atoms with E-state index in [0.29, 0.717) is 22.6 Å². The summed E-state index contributed by atoms with van der Waals surface area (Å²) < 4.78 is 10.6. The molecule has 112 valence electrons. The van der Waals surface area contributed by atoms with E-state index in [1.807, 2.05) is 12.1 Å². The van der Waals surface area contributed by atoms with E-state index in [9.17, 15) is 0 Å². The average Bonchev–Trinajstić information content (AvgIpc) is 2.49. The van der Waals surface area contributed by atoms with Gasteiger partial charge in [-0.1, -0.05) is 37.8 Å². The molecule has 0 bridgehead atoms. The molecule has 0 spiro atoms. The molecule has 0 amide bonds. The summed E-state index contributed by atoms with van der Waals surface area (Å²) in [5.41, 5.74) is 0.940. The number of methoxy groups -OCH3 is 2. The van der Waals surface area contributed by atoms with Gasteiger partial charge in [-0.25, -0.2) is 0 Å². The molecule has 1 N–H and O–H groups in total. The van der Waals surface area contributed by atoms with Gasteiger partial charge in [0, 0.05) is 18.2 Å². The number of hydrogen-bond acceptors (Lipinski definition) is 3. The van der Waals surface area contributed by atoms with Crippen LogP contribution in [0.4, 0.5) is 5.69 Å². The monoisotopic (exact) mass is 297 g/mol. The van der Waals surface area contributed by atoms with Crippen LogP contribution in [0.1, 0.15) is 39.0 Å². The summed E-state index contributed by atoms with van der Waals surface area (Å²) in [5, 5.41) is 4.29. The van der Waals surface area contributed by atoms with Crippen molar-refractivity contribution in [3.05, 3.63) is 17.2 Å². The molecule has 0 heterocycles. The fourth-order valence-corrected chi connectivity index (χ4v) is 3.26. The normalized spacial score (nSPS) is 22.4. The summed E-state index contributed by atoms with van der Waals surface area (Å²) in [6.45, 7) is 2.26. The lowest BCUT2D eigenvalue weighted by Crippen LogP contribution is -2.31. The molecule has 0 saturated heterocycles. The molecule has 1 aliphatic carbocycles. The van der Waals surface area contributed by atoms with Crippen LogP contribution in [0.3, 0.4) is 0 Å². The van der Waals surface area contributed by atoms with Gasteiger partial charge in [0.25, 0.3) is 0 Å². The molecule has 0 aromatic heterocycles. The van der Waals surface area contributed by atoms with Gasteiger partial charge in [-0.3, -0.25) is 0 Å². The van der Waals surface area contributed by atoms with Gasteiger partial charge >= 0.3 is 0 Å². The molecule has 1 fully saturated rings. The minimum Gasteiger partial charge on any atom is -0.493 e. The van der Waals surface area contributed by atoms with Gasteiger partial charge < -0.3 is 14.8 Å². The molecule has 3 nitrogen and oxygen atoms in total. The van der Waals surface area contributed by atoms with Crippen molar-refractivity contribution in [2.45, 2.75) is 45.1 Å². The molecule has 1 aromatic carbocycles. The van der Waals surface area contributed by atoms with Crippen LogP contribution in [-0.4, -0.2) is 20.3 Å². The van der Waals surface area contributed by atoms with Gasteiger partial charge in [0.15, 0.2) is 11.5 Å². The van der Waals surface area contributed by atoms with E-state index < -0.39 is 0 Å². The maximum absolute atomic E-state index is 6.35. The van der Waals surface area contributed by atoms with E-state index in [2.05, 4.69) is 12.2 Å². The summed E-state index contributed by atoms with van der Waals surface area (Å²) in [6, 6.07) is 4.25. The third-order valence-electron chi connectivity index (χ3n) is 4.25. The lowest BCUT2D eigenvalue weighted by atomic mass is 9.83. The Hall–Kier alpha value is -1.09. The summed E-state index contributed by atoms with van der Waals surface area (Å²) in [7, 11) is 3.26. The van der Waals surface area contributed by atoms with Crippen molar-refractivity contribution in [2.24, 2.45) is 5.92 Å². The topological polar surface area (TPSA) is 30.5 Å². The maximum atomic E-state index is 6.35. The number of benzene rings is 1. The molecule has 4 heteroatoms. The number of hydrogen-bond donors (Lipinski definition) is 1. The first-order valence-corrected chi connectivity index (χ1v) is 7.75. The summed E-state index contributed by atoms with van der Waals surface area (Å²) >= 11 is 6.35. The molecule has 20 heavy (non-hydrogen) atoms. The Morgan fingerprint density at radius 1 is 1.15 bits per heavy atom. The molecule has 2 atom stereocenters. The molecular formula is C16H24ClNO2. The van der Waals surface area contributed by atoms with Crippen LogP contribution in [0.2, 0.25) is 5.02 Å². The minimum atomic E-state index is 0.504. The zero-order valence-corrected chi connectivity index (χ0v) is 13.3. The largest absolute Gasteiger partial charge is 0.493 e. The average molecular weight is 298 g/mol. The molecule has 2 rings (SSSR count). The third kappa shape index (κ3) is 3.32. The Balaban J connectivity index is 2.19. The first kappa shape index (κ1) is 15.3. The predicted molar refractivity (Wildman–Crippen MR) is 84.2 cm³/mol. The number of anilines is 1. The minimum absolute atomic E-state index is 0.504. The number of halogens is 1. The maximum Gasteiger partial charge on any atom is 0.162 e. The van der Waals surface area contributed by atoms with Gasteiger partial charge in [0.05, 0.1) is 24.9 Å². The lowest BCUT2D eigenvalue weighted by Gasteiger charge is -2.32. The Labute approximate surface area is 126 Å². The molecule has 1 saturated carbocycles.